The summed E-state index contributed by atoms with van der Waals surface area (Å²) in [5.41, 5.74) is 1.11. The Morgan fingerprint density at radius 3 is 2.65 bits per heavy atom. The minimum atomic E-state index is 0.182. The molecule has 0 spiro atoms. The molecule has 0 bridgehead atoms. The highest BCUT2D eigenvalue weighted by Gasteiger charge is 2.17. The van der Waals surface area contributed by atoms with Crippen LogP contribution in [0.25, 0.3) is 0 Å². The molecule has 0 saturated heterocycles. The average molecular weight is 330 g/mol. The average Bonchev–Trinajstić information content (AvgIpc) is 2.83. The number of methoxy groups -OCH3 is 1. The zero-order chi connectivity index (χ0) is 14.5. The van der Waals surface area contributed by atoms with Crippen molar-refractivity contribution in [1.29, 1.82) is 0 Å². The number of benzene rings is 1. The van der Waals surface area contributed by atoms with Gasteiger partial charge >= 0.3 is 0 Å². The number of halogens is 2. The topological polar surface area (TPSA) is 21.3 Å². The summed E-state index contributed by atoms with van der Waals surface area (Å²) >= 11 is 13.6. The first-order valence-corrected chi connectivity index (χ1v) is 8.02. The molecule has 108 valence electrons. The molecular weight excluding hydrogens is 313 g/mol. The summed E-state index contributed by atoms with van der Waals surface area (Å²) in [5, 5.41) is 4.17. The van der Waals surface area contributed by atoms with Gasteiger partial charge < -0.3 is 10.1 Å². The van der Waals surface area contributed by atoms with Gasteiger partial charge in [-0.3, -0.25) is 0 Å². The fourth-order valence-electron chi connectivity index (χ4n) is 2.17. The smallest absolute Gasteiger partial charge is 0.125 e. The molecule has 0 aliphatic carbocycles. The Morgan fingerprint density at radius 2 is 2.05 bits per heavy atom. The van der Waals surface area contributed by atoms with E-state index in [1.807, 2.05) is 24.3 Å². The maximum atomic E-state index is 6.03. The maximum Gasteiger partial charge on any atom is 0.125 e. The molecular formula is C15H17Cl2NOS. The minimum absolute atomic E-state index is 0.182. The Bertz CT molecular complexity index is 571. The Kier molecular flexibility index (Phi) is 5.73. The molecule has 2 nitrogen and oxygen atoms in total. The van der Waals surface area contributed by atoms with Crippen LogP contribution in [0.5, 0.6) is 5.75 Å². The summed E-state index contributed by atoms with van der Waals surface area (Å²) in [6, 6.07) is 9.95. The van der Waals surface area contributed by atoms with Crippen LogP contribution in [0, 0.1) is 0 Å². The van der Waals surface area contributed by atoms with Crippen LogP contribution in [-0.4, -0.2) is 13.7 Å². The molecule has 1 aromatic carbocycles. The van der Waals surface area contributed by atoms with Crippen LogP contribution >= 0.6 is 34.5 Å². The highest BCUT2D eigenvalue weighted by Crippen LogP contribution is 2.32. The van der Waals surface area contributed by atoms with Gasteiger partial charge in [0.05, 0.1) is 11.4 Å². The predicted octanol–water partition coefficient (Wildman–Crippen LogP) is 4.96. The van der Waals surface area contributed by atoms with E-state index in [2.05, 4.69) is 18.3 Å². The molecule has 1 unspecified atom stereocenters. The highest BCUT2D eigenvalue weighted by atomic mass is 35.5. The van der Waals surface area contributed by atoms with Crippen molar-refractivity contribution in [2.75, 3.05) is 13.7 Å². The Morgan fingerprint density at radius 1 is 1.25 bits per heavy atom. The number of thiophene rings is 1. The summed E-state index contributed by atoms with van der Waals surface area (Å²) < 4.78 is 6.27. The van der Waals surface area contributed by atoms with E-state index < -0.39 is 0 Å². The van der Waals surface area contributed by atoms with Crippen LogP contribution < -0.4 is 10.1 Å². The van der Waals surface area contributed by atoms with Crippen molar-refractivity contribution in [1.82, 2.24) is 5.32 Å². The van der Waals surface area contributed by atoms with Crippen molar-refractivity contribution in [3.05, 3.63) is 50.1 Å². The normalized spacial score (nSPS) is 12.4. The second-order valence-electron chi connectivity index (χ2n) is 4.41. The van der Waals surface area contributed by atoms with Gasteiger partial charge in [-0.15, -0.1) is 11.3 Å². The van der Waals surface area contributed by atoms with Crippen LogP contribution in [0.2, 0.25) is 9.36 Å². The monoisotopic (exact) mass is 329 g/mol. The maximum absolute atomic E-state index is 6.03. The number of ether oxygens (including phenoxy) is 1. The third-order valence-corrected chi connectivity index (χ3v) is 4.54. The lowest BCUT2D eigenvalue weighted by Crippen LogP contribution is -2.23. The summed E-state index contributed by atoms with van der Waals surface area (Å²) in [7, 11) is 1.67. The van der Waals surface area contributed by atoms with Crippen LogP contribution in [0.15, 0.2) is 30.3 Å². The molecule has 0 aliphatic heterocycles. The molecule has 0 saturated carbocycles. The number of likely N-dealkylation sites (N-methyl/N-ethyl adjacent to an activating group) is 1. The summed E-state index contributed by atoms with van der Waals surface area (Å²) in [6.07, 6.45) is 0.878. The SMILES string of the molecule is CCNC(Cc1ccc(Cl)s1)c1ccc(Cl)cc1OC. The first-order chi connectivity index (χ1) is 9.63. The number of hydrogen-bond donors (Lipinski definition) is 1. The first kappa shape index (κ1) is 15.6. The van der Waals surface area contributed by atoms with E-state index in [-0.39, 0.29) is 6.04 Å². The second-order valence-corrected chi connectivity index (χ2v) is 6.64. The van der Waals surface area contributed by atoms with Crippen molar-refractivity contribution in [2.24, 2.45) is 0 Å². The molecule has 0 amide bonds. The summed E-state index contributed by atoms with van der Waals surface area (Å²) in [6.45, 7) is 2.98. The van der Waals surface area contributed by atoms with Crippen LogP contribution in [0.4, 0.5) is 0 Å². The van der Waals surface area contributed by atoms with E-state index in [9.17, 15) is 0 Å². The third-order valence-electron chi connectivity index (χ3n) is 3.06. The zero-order valence-electron chi connectivity index (χ0n) is 11.5. The zero-order valence-corrected chi connectivity index (χ0v) is 13.8. The van der Waals surface area contributed by atoms with E-state index >= 15 is 0 Å². The largest absolute Gasteiger partial charge is 0.496 e. The molecule has 20 heavy (non-hydrogen) atoms. The van der Waals surface area contributed by atoms with E-state index in [4.69, 9.17) is 27.9 Å². The fourth-order valence-corrected chi connectivity index (χ4v) is 3.47. The molecule has 1 heterocycles. The van der Waals surface area contributed by atoms with Crippen LogP contribution in [0.3, 0.4) is 0 Å². The lowest BCUT2D eigenvalue weighted by atomic mass is 10.0. The molecule has 0 fully saturated rings. The second kappa shape index (κ2) is 7.32. The molecule has 0 radical (unpaired) electrons. The lowest BCUT2D eigenvalue weighted by molar-refractivity contribution is 0.399. The first-order valence-electron chi connectivity index (χ1n) is 6.45. The molecule has 2 aromatic rings. The van der Waals surface area contributed by atoms with Crippen molar-refractivity contribution >= 4 is 34.5 Å². The molecule has 1 aromatic heterocycles. The van der Waals surface area contributed by atoms with Crippen molar-refractivity contribution in [3.8, 4) is 5.75 Å². The molecule has 1 N–H and O–H groups in total. The van der Waals surface area contributed by atoms with Gasteiger partial charge in [0.1, 0.15) is 5.75 Å². The predicted molar refractivity (Wildman–Crippen MR) is 87.5 cm³/mol. The van der Waals surface area contributed by atoms with Crippen molar-refractivity contribution < 1.29 is 4.74 Å². The van der Waals surface area contributed by atoms with Gasteiger partial charge in [0.15, 0.2) is 0 Å². The van der Waals surface area contributed by atoms with E-state index in [1.165, 1.54) is 4.88 Å². The lowest BCUT2D eigenvalue weighted by Gasteiger charge is -2.20. The van der Waals surface area contributed by atoms with Gasteiger partial charge in [-0.2, -0.15) is 0 Å². The highest BCUT2D eigenvalue weighted by molar-refractivity contribution is 7.16. The summed E-state index contributed by atoms with van der Waals surface area (Å²) in [5.74, 6) is 0.811. The Hall–Kier alpha value is -0.740. The van der Waals surface area contributed by atoms with E-state index in [0.717, 1.165) is 28.6 Å². The van der Waals surface area contributed by atoms with Crippen LogP contribution in [0.1, 0.15) is 23.4 Å². The standard InChI is InChI=1S/C15H17Cl2NOS/c1-3-18-13(9-11-5-7-15(17)20-11)12-6-4-10(16)8-14(12)19-2/h4-8,13,18H,3,9H2,1-2H3. The number of hydrogen-bond acceptors (Lipinski definition) is 3. The molecule has 5 heteroatoms. The van der Waals surface area contributed by atoms with E-state index in [1.54, 1.807) is 18.4 Å². The quantitative estimate of drug-likeness (QED) is 0.808. The summed E-state index contributed by atoms with van der Waals surface area (Å²) in [4.78, 5) is 1.25. The Labute approximate surface area is 133 Å². The van der Waals surface area contributed by atoms with Crippen LogP contribution in [-0.2, 0) is 6.42 Å². The number of rotatable bonds is 6. The van der Waals surface area contributed by atoms with Gasteiger partial charge in [0.2, 0.25) is 0 Å². The van der Waals surface area contributed by atoms with Crippen molar-refractivity contribution in [3.63, 3.8) is 0 Å². The molecule has 1 atom stereocenters. The van der Waals surface area contributed by atoms with Gasteiger partial charge in [-0.1, -0.05) is 36.2 Å². The van der Waals surface area contributed by atoms with Gasteiger partial charge in [-0.25, -0.2) is 0 Å². The Balaban J connectivity index is 2.28. The van der Waals surface area contributed by atoms with Gasteiger partial charge in [0.25, 0.3) is 0 Å². The molecule has 2 rings (SSSR count). The van der Waals surface area contributed by atoms with Crippen molar-refractivity contribution in [2.45, 2.75) is 19.4 Å². The number of nitrogens with one attached hydrogen (secondary N) is 1. The minimum Gasteiger partial charge on any atom is -0.496 e. The van der Waals surface area contributed by atoms with Gasteiger partial charge in [-0.05, 0) is 30.8 Å². The van der Waals surface area contributed by atoms with E-state index in [0.29, 0.717) is 5.02 Å². The van der Waals surface area contributed by atoms with Gasteiger partial charge in [0, 0.05) is 27.9 Å². The fraction of sp³-hybridized carbons (Fsp3) is 0.333. The third kappa shape index (κ3) is 3.89. The molecule has 0 aliphatic rings.